The van der Waals surface area contributed by atoms with Gasteiger partial charge in [-0.1, -0.05) is 27.7 Å². The Labute approximate surface area is 333 Å². The molecule has 0 aromatic rings. The monoisotopic (exact) mass is 801 g/mol. The molecule has 4 heterocycles. The van der Waals surface area contributed by atoms with Gasteiger partial charge in [-0.2, -0.15) is 0 Å². The molecule has 4 aliphatic heterocycles. The van der Waals surface area contributed by atoms with E-state index in [1.54, 1.807) is 48.7 Å². The lowest BCUT2D eigenvalue weighted by Crippen LogP contribution is -2.64. The number of carbonyl (C=O) groups excluding carboxylic acids is 2. The number of esters is 1. The molecule has 0 spiro atoms. The van der Waals surface area contributed by atoms with Crippen molar-refractivity contribution in [2.75, 3.05) is 41.4 Å². The number of aliphatic hydroxyl groups excluding tert-OH is 3. The van der Waals surface area contributed by atoms with Gasteiger partial charge in [0.1, 0.15) is 23.6 Å². The third-order valence-electron chi connectivity index (χ3n) is 14.2. The lowest BCUT2D eigenvalue weighted by Gasteiger charge is -2.51. The van der Waals surface area contributed by atoms with E-state index in [1.165, 1.54) is 7.11 Å². The van der Waals surface area contributed by atoms with Crippen LogP contribution in [0.2, 0.25) is 0 Å². The van der Waals surface area contributed by atoms with Crippen molar-refractivity contribution in [2.45, 2.75) is 178 Å². The van der Waals surface area contributed by atoms with Crippen LogP contribution in [-0.2, 0) is 42.7 Å². The zero-order valence-corrected chi connectivity index (χ0v) is 35.9. The smallest absolute Gasteiger partial charge is 0.311 e. The third-order valence-corrected chi connectivity index (χ3v) is 14.2. The molecule has 324 valence electrons. The van der Waals surface area contributed by atoms with Gasteiger partial charge in [0.15, 0.2) is 12.6 Å². The maximum atomic E-state index is 14.2. The summed E-state index contributed by atoms with van der Waals surface area (Å²) in [4.78, 5) is 32.7. The lowest BCUT2D eigenvalue weighted by molar-refractivity contribution is -0.314. The van der Waals surface area contributed by atoms with Crippen molar-refractivity contribution < 1.29 is 63.2 Å². The fourth-order valence-electron chi connectivity index (χ4n) is 10.3. The van der Waals surface area contributed by atoms with Crippen molar-refractivity contribution in [2.24, 2.45) is 29.6 Å². The molecule has 0 radical (unpaired) electrons. The van der Waals surface area contributed by atoms with Gasteiger partial charge in [0.2, 0.25) is 0 Å². The number of ketones is 1. The van der Waals surface area contributed by atoms with Crippen LogP contribution in [0.5, 0.6) is 0 Å². The molecule has 5 aliphatic rings. The Balaban J connectivity index is 1.60. The van der Waals surface area contributed by atoms with Gasteiger partial charge in [-0.05, 0) is 68.0 Å². The van der Waals surface area contributed by atoms with Crippen LogP contribution in [0.15, 0.2) is 0 Å². The molecular weight excluding hydrogens is 728 g/mol. The molecule has 4 saturated heterocycles. The molecule has 56 heavy (non-hydrogen) atoms. The second kappa shape index (κ2) is 17.3. The molecule has 15 heteroatoms. The summed E-state index contributed by atoms with van der Waals surface area (Å²) in [5.74, 6) is -4.78. The van der Waals surface area contributed by atoms with Crippen LogP contribution >= 0.6 is 0 Å². The van der Waals surface area contributed by atoms with Crippen LogP contribution in [0.4, 0.5) is 0 Å². The number of likely N-dealkylation sites (tertiary alicyclic amines) is 1. The Hall–Kier alpha value is -1.34. The van der Waals surface area contributed by atoms with E-state index in [2.05, 4.69) is 9.80 Å². The summed E-state index contributed by atoms with van der Waals surface area (Å²) in [5.41, 5.74) is -4.01. The van der Waals surface area contributed by atoms with Gasteiger partial charge in [-0.15, -0.1) is 0 Å². The van der Waals surface area contributed by atoms with E-state index in [4.69, 9.17) is 33.2 Å². The summed E-state index contributed by atoms with van der Waals surface area (Å²) in [5, 5.41) is 44.6. The van der Waals surface area contributed by atoms with Crippen molar-refractivity contribution >= 4 is 11.8 Å². The number of nitrogens with zero attached hydrogens (tertiary/aromatic N) is 2. The molecule has 0 amide bonds. The number of hydrogen-bond donors (Lipinski definition) is 4. The number of rotatable bonds is 8. The number of hydrogen-bond acceptors (Lipinski definition) is 15. The molecule has 5 rings (SSSR count). The number of aliphatic hydroxyl groups is 4. The average molecular weight is 801 g/mol. The standard InChI is InChI=1S/C41H72N2O13/c1-20-17-40(9,51-13)35(56-38-30(42(10)11)28(16-21(2)52-38)43-15-14-27(44)19-43)23(4)32(54-29-18-39(8,50-12)34(47)26(7)53-29)24(5)37(48)55-36-25(6)41(36,49)33(46)22(3)31(20)45/h20-30,32-36,38,44,46-47,49H,14-19H2,1-13H3/t20-,21-,22+,23+,24-,25?,26+,27+,28-,29+,30+,32+,33-,34+,35-,36-,38+,39-,40+,41+/m1/s1. The Kier molecular flexibility index (Phi) is 14.2. The quantitative estimate of drug-likeness (QED) is 0.260. The summed E-state index contributed by atoms with van der Waals surface area (Å²) in [6.07, 6.45) is -6.55. The van der Waals surface area contributed by atoms with Crippen molar-refractivity contribution in [3.8, 4) is 0 Å². The van der Waals surface area contributed by atoms with E-state index in [0.717, 1.165) is 13.0 Å². The first kappa shape index (κ1) is 45.7. The first-order valence-electron chi connectivity index (χ1n) is 20.7. The molecular formula is C41H72N2O13. The number of β-amino-alcohol motifs (C(OH)–C–C–N with tert-alkyl or cyclic N) is 1. The minimum atomic E-state index is -1.80. The zero-order valence-electron chi connectivity index (χ0n) is 35.9. The number of fused-ring (bicyclic) bond motifs is 1. The summed E-state index contributed by atoms with van der Waals surface area (Å²) in [7, 11) is 7.04. The third kappa shape index (κ3) is 8.62. The zero-order chi connectivity index (χ0) is 41.8. The van der Waals surface area contributed by atoms with E-state index in [9.17, 15) is 30.0 Å². The first-order chi connectivity index (χ1) is 26.0. The molecule has 20 atom stereocenters. The summed E-state index contributed by atoms with van der Waals surface area (Å²) in [6.45, 7) is 17.4. The number of carbonyl (C=O) groups is 2. The number of likely N-dealkylation sites (N-methyl/N-ethyl adjacent to an activating group) is 1. The highest BCUT2D eigenvalue weighted by Crippen LogP contribution is 2.52. The summed E-state index contributed by atoms with van der Waals surface area (Å²) >= 11 is 0. The minimum absolute atomic E-state index is 0.00291. The molecule has 4 N–H and O–H groups in total. The normalized spacial score (nSPS) is 51.4. The maximum absolute atomic E-state index is 14.2. The Bertz CT molecular complexity index is 1370. The van der Waals surface area contributed by atoms with Crippen molar-refractivity contribution in [3.63, 3.8) is 0 Å². The molecule has 1 aliphatic carbocycles. The largest absolute Gasteiger partial charge is 0.458 e. The van der Waals surface area contributed by atoms with Crippen LogP contribution in [0.25, 0.3) is 0 Å². The molecule has 0 aromatic heterocycles. The van der Waals surface area contributed by atoms with E-state index >= 15 is 0 Å². The first-order valence-corrected chi connectivity index (χ1v) is 20.7. The second-order valence-corrected chi connectivity index (χ2v) is 18.5. The van der Waals surface area contributed by atoms with Gasteiger partial charge < -0.3 is 58.5 Å². The topological polar surface area (TPSA) is 186 Å². The van der Waals surface area contributed by atoms with E-state index in [1.807, 2.05) is 34.9 Å². The summed E-state index contributed by atoms with van der Waals surface area (Å²) < 4.78 is 45.1. The Morgan fingerprint density at radius 3 is 2.07 bits per heavy atom. The van der Waals surface area contributed by atoms with E-state index in [-0.39, 0.29) is 36.8 Å². The molecule has 15 nitrogen and oxygen atoms in total. The van der Waals surface area contributed by atoms with E-state index in [0.29, 0.717) is 13.0 Å². The highest BCUT2D eigenvalue weighted by atomic mass is 16.7. The van der Waals surface area contributed by atoms with Crippen LogP contribution < -0.4 is 0 Å². The maximum Gasteiger partial charge on any atom is 0.311 e. The fourth-order valence-corrected chi connectivity index (χ4v) is 10.3. The fraction of sp³-hybridized carbons (Fsp3) is 0.951. The van der Waals surface area contributed by atoms with Gasteiger partial charge in [0.05, 0.1) is 59.8 Å². The van der Waals surface area contributed by atoms with Crippen LogP contribution in [0, 0.1) is 29.6 Å². The predicted octanol–water partition coefficient (Wildman–Crippen LogP) is 1.73. The highest BCUT2D eigenvalue weighted by Gasteiger charge is 2.70. The van der Waals surface area contributed by atoms with Crippen LogP contribution in [0.1, 0.15) is 88.0 Å². The molecule has 1 saturated carbocycles. The van der Waals surface area contributed by atoms with Crippen LogP contribution in [0.3, 0.4) is 0 Å². The molecule has 0 bridgehead atoms. The Morgan fingerprint density at radius 2 is 1.50 bits per heavy atom. The van der Waals surface area contributed by atoms with Crippen LogP contribution in [-0.4, -0.2) is 174 Å². The highest BCUT2D eigenvalue weighted by molar-refractivity contribution is 5.84. The predicted molar refractivity (Wildman–Crippen MR) is 204 cm³/mol. The molecule has 5 fully saturated rings. The SMILES string of the molecule is CO[C@]1(C)C[C@H](O[C@H]2[C@H](C)[C@@H](O[C@@H]3O[C@H](C)C[C@@H](N4CC[C@H](O)C4)[C@@H]3N(C)C)[C@@](C)(OC)C[C@@H](C)C(=O)[C@H](C)[C@@H](O)[C@@]3(O)C(C)[C@H]3OC(=O)[C@@H]2C)O[C@@H](C)[C@@H]1O. The second-order valence-electron chi connectivity index (χ2n) is 18.5. The molecule has 0 aromatic carbocycles. The van der Waals surface area contributed by atoms with Crippen molar-refractivity contribution in [3.05, 3.63) is 0 Å². The van der Waals surface area contributed by atoms with Crippen molar-refractivity contribution in [1.29, 1.82) is 0 Å². The Morgan fingerprint density at radius 1 is 0.857 bits per heavy atom. The van der Waals surface area contributed by atoms with Gasteiger partial charge in [0, 0.05) is 63.4 Å². The van der Waals surface area contributed by atoms with Gasteiger partial charge in [0.25, 0.3) is 0 Å². The number of methoxy groups -OCH3 is 2. The summed E-state index contributed by atoms with van der Waals surface area (Å²) in [6, 6.07) is -0.272. The van der Waals surface area contributed by atoms with Gasteiger partial charge in [-0.25, -0.2) is 0 Å². The van der Waals surface area contributed by atoms with Gasteiger partial charge >= 0.3 is 5.97 Å². The molecule has 1 unspecified atom stereocenters. The average Bonchev–Trinajstić information content (AvgIpc) is 3.41. The lowest BCUT2D eigenvalue weighted by atomic mass is 9.75. The number of ether oxygens (including phenoxy) is 7. The van der Waals surface area contributed by atoms with Gasteiger partial charge in [-0.3, -0.25) is 14.5 Å². The minimum Gasteiger partial charge on any atom is -0.458 e. The number of Topliss-reactive ketones (excluding diaryl/α,β-unsaturated/α-hetero) is 1. The van der Waals surface area contributed by atoms with Crippen molar-refractivity contribution in [1.82, 2.24) is 9.80 Å². The van der Waals surface area contributed by atoms with E-state index < -0.39 is 108 Å².